The summed E-state index contributed by atoms with van der Waals surface area (Å²) in [6.07, 6.45) is -0.175. The van der Waals surface area contributed by atoms with Gasteiger partial charge < -0.3 is 15.0 Å². The van der Waals surface area contributed by atoms with Crippen molar-refractivity contribution in [3.63, 3.8) is 0 Å². The molecule has 1 aromatic carbocycles. The lowest BCUT2D eigenvalue weighted by atomic mass is 10.1. The average molecular weight is 341 g/mol. The molecule has 1 aliphatic heterocycles. The molecular formula is C14H19N3O5S. The molecule has 1 atom stereocenters. The van der Waals surface area contributed by atoms with E-state index in [2.05, 4.69) is 5.32 Å². The molecule has 1 aromatic rings. The van der Waals surface area contributed by atoms with E-state index in [4.69, 9.17) is 9.88 Å². The first kappa shape index (κ1) is 17.2. The molecular weight excluding hydrogens is 322 g/mol. The summed E-state index contributed by atoms with van der Waals surface area (Å²) in [4.78, 5) is 25.3. The van der Waals surface area contributed by atoms with Crippen LogP contribution < -0.4 is 15.4 Å². The summed E-state index contributed by atoms with van der Waals surface area (Å²) in [5, 5.41) is 7.10. The molecule has 0 saturated carbocycles. The van der Waals surface area contributed by atoms with Crippen molar-refractivity contribution in [3.8, 4) is 0 Å². The van der Waals surface area contributed by atoms with E-state index in [1.807, 2.05) is 0 Å². The van der Waals surface area contributed by atoms with Gasteiger partial charge in [-0.1, -0.05) is 0 Å². The number of carbonyl (C=O) groups excluding carboxylic acids is 2. The summed E-state index contributed by atoms with van der Waals surface area (Å²) < 4.78 is 27.9. The number of nitrogens with zero attached hydrogens (tertiary/aromatic N) is 1. The molecule has 0 spiro atoms. The van der Waals surface area contributed by atoms with Crippen LogP contribution in [-0.2, 0) is 19.6 Å². The van der Waals surface area contributed by atoms with Crippen molar-refractivity contribution in [2.24, 2.45) is 5.14 Å². The summed E-state index contributed by atoms with van der Waals surface area (Å²) in [6.45, 7) is 1.89. The molecule has 23 heavy (non-hydrogen) atoms. The molecule has 1 amide bonds. The Hall–Kier alpha value is -2.13. The smallest absolute Gasteiger partial charge is 0.338 e. The predicted octanol–water partition coefficient (Wildman–Crippen LogP) is 0.299. The van der Waals surface area contributed by atoms with Crippen molar-refractivity contribution in [2.75, 3.05) is 30.4 Å². The fourth-order valence-electron chi connectivity index (χ4n) is 2.44. The Morgan fingerprint density at radius 1 is 1.48 bits per heavy atom. The van der Waals surface area contributed by atoms with Gasteiger partial charge in [0.05, 0.1) is 23.5 Å². The molecule has 0 bridgehead atoms. The molecule has 3 N–H and O–H groups in total. The van der Waals surface area contributed by atoms with Crippen LogP contribution in [0.15, 0.2) is 18.2 Å². The van der Waals surface area contributed by atoms with Crippen LogP contribution in [0.25, 0.3) is 0 Å². The lowest BCUT2D eigenvalue weighted by molar-refractivity contribution is -0.117. The molecule has 126 valence electrons. The number of hydrogen-bond donors (Lipinski definition) is 2. The number of anilines is 2. The third kappa shape index (κ3) is 3.62. The number of amides is 1. The van der Waals surface area contributed by atoms with Gasteiger partial charge in [-0.2, -0.15) is 0 Å². The number of ether oxygens (including phenoxy) is 1. The van der Waals surface area contributed by atoms with E-state index < -0.39 is 21.2 Å². The van der Waals surface area contributed by atoms with Gasteiger partial charge in [-0.3, -0.25) is 4.79 Å². The average Bonchev–Trinajstić information content (AvgIpc) is 2.89. The molecule has 1 aliphatic rings. The summed E-state index contributed by atoms with van der Waals surface area (Å²) in [5.74, 6) is -0.868. The maximum absolute atomic E-state index is 12.2. The first-order valence-corrected chi connectivity index (χ1v) is 8.69. The number of rotatable bonds is 5. The largest absolute Gasteiger partial charge is 0.462 e. The number of sulfonamides is 1. The zero-order valence-corrected chi connectivity index (χ0v) is 13.7. The van der Waals surface area contributed by atoms with E-state index in [9.17, 15) is 18.0 Å². The second-order valence-electron chi connectivity index (χ2n) is 5.12. The highest BCUT2D eigenvalue weighted by molar-refractivity contribution is 7.89. The number of carbonyl (C=O) groups is 2. The van der Waals surface area contributed by atoms with Gasteiger partial charge in [0.25, 0.3) is 0 Å². The van der Waals surface area contributed by atoms with Crippen LogP contribution in [0.5, 0.6) is 0 Å². The Kier molecular flexibility index (Phi) is 4.90. The monoisotopic (exact) mass is 341 g/mol. The number of primary sulfonamides is 1. The first-order chi connectivity index (χ1) is 10.8. The minimum absolute atomic E-state index is 0.0430. The Bertz CT molecular complexity index is 732. The highest BCUT2D eigenvalue weighted by Crippen LogP contribution is 2.32. The molecule has 1 unspecified atom stereocenters. The number of hydrogen-bond acceptors (Lipinski definition) is 6. The van der Waals surface area contributed by atoms with E-state index in [0.717, 1.165) is 0 Å². The van der Waals surface area contributed by atoms with Crippen molar-refractivity contribution in [2.45, 2.75) is 18.6 Å². The van der Waals surface area contributed by atoms with Crippen molar-refractivity contribution < 1.29 is 22.7 Å². The molecule has 8 nitrogen and oxygen atoms in total. The quantitative estimate of drug-likeness (QED) is 0.744. The van der Waals surface area contributed by atoms with Crippen LogP contribution in [0.3, 0.4) is 0 Å². The van der Waals surface area contributed by atoms with E-state index in [0.29, 0.717) is 11.4 Å². The fourth-order valence-corrected chi connectivity index (χ4v) is 3.17. The van der Waals surface area contributed by atoms with Crippen LogP contribution >= 0.6 is 0 Å². The third-order valence-electron chi connectivity index (χ3n) is 3.62. The summed E-state index contributed by atoms with van der Waals surface area (Å²) in [5.41, 5.74) is 1.31. The van der Waals surface area contributed by atoms with Gasteiger partial charge >= 0.3 is 5.97 Å². The highest BCUT2D eigenvalue weighted by atomic mass is 32.2. The van der Waals surface area contributed by atoms with Crippen LogP contribution in [0.1, 0.15) is 23.7 Å². The first-order valence-electron chi connectivity index (χ1n) is 7.08. The summed E-state index contributed by atoms with van der Waals surface area (Å²) >= 11 is 0. The molecule has 0 aliphatic carbocycles. The summed E-state index contributed by atoms with van der Waals surface area (Å²) in [7, 11) is -2.14. The molecule has 9 heteroatoms. The Balaban J connectivity index is 2.39. The van der Waals surface area contributed by atoms with Gasteiger partial charge in [0.2, 0.25) is 15.9 Å². The van der Waals surface area contributed by atoms with Crippen LogP contribution in [0.2, 0.25) is 0 Å². The third-order valence-corrected chi connectivity index (χ3v) is 4.87. The lowest BCUT2D eigenvalue weighted by Crippen LogP contribution is -2.32. The van der Waals surface area contributed by atoms with Crippen molar-refractivity contribution in [1.29, 1.82) is 0 Å². The van der Waals surface area contributed by atoms with E-state index in [-0.39, 0.29) is 31.0 Å². The molecule has 1 heterocycles. The van der Waals surface area contributed by atoms with Gasteiger partial charge in [-0.25, -0.2) is 18.4 Å². The van der Waals surface area contributed by atoms with Crippen LogP contribution in [0, 0.1) is 0 Å². The van der Waals surface area contributed by atoms with Crippen molar-refractivity contribution in [1.82, 2.24) is 0 Å². The zero-order valence-electron chi connectivity index (χ0n) is 12.9. The SMILES string of the molecule is CCOC(=O)c1ccc(NC)c(N2CC(S(N)(=O)=O)CC2=O)c1. The van der Waals surface area contributed by atoms with E-state index in [1.54, 1.807) is 26.1 Å². The number of nitrogens with two attached hydrogens (primary N) is 1. The molecule has 2 rings (SSSR count). The van der Waals surface area contributed by atoms with Gasteiger partial charge in [0.1, 0.15) is 5.25 Å². The van der Waals surface area contributed by atoms with Gasteiger partial charge in [0.15, 0.2) is 0 Å². The predicted molar refractivity (Wildman–Crippen MR) is 85.8 cm³/mol. The second-order valence-corrected chi connectivity index (χ2v) is 6.97. The van der Waals surface area contributed by atoms with Gasteiger partial charge in [-0.05, 0) is 25.1 Å². The topological polar surface area (TPSA) is 119 Å². The van der Waals surface area contributed by atoms with Gasteiger partial charge in [-0.15, -0.1) is 0 Å². The van der Waals surface area contributed by atoms with Crippen LogP contribution in [0.4, 0.5) is 11.4 Å². The Morgan fingerprint density at radius 3 is 2.70 bits per heavy atom. The van der Waals surface area contributed by atoms with Crippen molar-refractivity contribution in [3.05, 3.63) is 23.8 Å². The summed E-state index contributed by atoms with van der Waals surface area (Å²) in [6, 6.07) is 4.72. The number of benzene rings is 1. The Labute approximate surface area is 134 Å². The fraction of sp³-hybridized carbons (Fsp3) is 0.429. The normalized spacial score (nSPS) is 18.1. The van der Waals surface area contributed by atoms with E-state index in [1.165, 1.54) is 11.0 Å². The molecule has 0 radical (unpaired) electrons. The van der Waals surface area contributed by atoms with Gasteiger partial charge in [0, 0.05) is 20.0 Å². The number of esters is 1. The minimum atomic E-state index is -3.81. The minimum Gasteiger partial charge on any atom is -0.462 e. The number of nitrogens with one attached hydrogen (secondary N) is 1. The molecule has 1 saturated heterocycles. The molecule has 0 aromatic heterocycles. The van der Waals surface area contributed by atoms with Crippen LogP contribution in [-0.4, -0.2) is 45.7 Å². The lowest BCUT2D eigenvalue weighted by Gasteiger charge is -2.21. The Morgan fingerprint density at radius 2 is 2.17 bits per heavy atom. The zero-order chi connectivity index (χ0) is 17.2. The van der Waals surface area contributed by atoms with E-state index >= 15 is 0 Å². The standard InChI is InChI=1S/C14H19N3O5S/c1-3-22-14(19)9-4-5-11(16-2)12(6-9)17-8-10(7-13(17)18)23(15,20)21/h4-6,10,16H,3,7-8H2,1-2H3,(H2,15,20,21). The maximum atomic E-state index is 12.2. The molecule has 1 fully saturated rings. The van der Waals surface area contributed by atoms with Crippen molar-refractivity contribution >= 4 is 33.3 Å². The highest BCUT2D eigenvalue weighted by Gasteiger charge is 2.38. The maximum Gasteiger partial charge on any atom is 0.338 e. The second kappa shape index (κ2) is 6.55.